The lowest BCUT2D eigenvalue weighted by atomic mass is 9.94. The molecule has 17 heavy (non-hydrogen) atoms. The van der Waals surface area contributed by atoms with Crippen LogP contribution in [0.5, 0.6) is 0 Å². The van der Waals surface area contributed by atoms with Crippen LogP contribution >= 0.6 is 0 Å². The van der Waals surface area contributed by atoms with Crippen LogP contribution in [0.25, 0.3) is 0 Å². The third-order valence-electron chi connectivity index (χ3n) is 2.66. The van der Waals surface area contributed by atoms with E-state index in [2.05, 4.69) is 6.58 Å². The Bertz CT molecular complexity index is 266. The van der Waals surface area contributed by atoms with E-state index in [0.29, 0.717) is 6.61 Å². The molecule has 0 unspecified atom stereocenters. The lowest BCUT2D eigenvalue weighted by Gasteiger charge is -2.35. The monoisotopic (exact) mass is 244 g/mol. The van der Waals surface area contributed by atoms with E-state index in [0.717, 1.165) is 0 Å². The van der Waals surface area contributed by atoms with Crippen LogP contribution in [0, 0.1) is 5.92 Å². The van der Waals surface area contributed by atoms with Crippen LogP contribution in [0.4, 0.5) is 0 Å². The second-order valence-electron chi connectivity index (χ2n) is 3.98. The summed E-state index contributed by atoms with van der Waals surface area (Å²) < 4.78 is 15.5. The number of aliphatic hydroxyl groups excluding tert-OH is 1. The van der Waals surface area contributed by atoms with Gasteiger partial charge in [-0.1, -0.05) is 6.08 Å². The van der Waals surface area contributed by atoms with E-state index in [-0.39, 0.29) is 31.2 Å². The van der Waals surface area contributed by atoms with Crippen LogP contribution in [0.3, 0.4) is 0 Å². The van der Waals surface area contributed by atoms with E-state index in [4.69, 9.17) is 14.2 Å². The number of aliphatic hydroxyl groups is 1. The fourth-order valence-electron chi connectivity index (χ4n) is 1.81. The Balaban J connectivity index is 2.58. The maximum absolute atomic E-state index is 11.4. The molecule has 98 valence electrons. The van der Waals surface area contributed by atoms with Crippen molar-refractivity contribution in [3.8, 4) is 0 Å². The average molecular weight is 244 g/mol. The van der Waals surface area contributed by atoms with Crippen molar-refractivity contribution in [2.75, 3.05) is 13.2 Å². The molecule has 4 atom stereocenters. The average Bonchev–Trinajstić information content (AvgIpc) is 2.30. The van der Waals surface area contributed by atoms with Crippen molar-refractivity contribution in [3.63, 3.8) is 0 Å². The van der Waals surface area contributed by atoms with Gasteiger partial charge >= 0.3 is 5.97 Å². The third kappa shape index (κ3) is 4.11. The van der Waals surface area contributed by atoms with Gasteiger partial charge in [-0.2, -0.15) is 0 Å². The molecule has 0 spiro atoms. The van der Waals surface area contributed by atoms with Crippen LogP contribution in [-0.2, 0) is 19.0 Å². The molecular weight excluding hydrogens is 224 g/mol. The van der Waals surface area contributed by atoms with Crippen molar-refractivity contribution in [2.24, 2.45) is 5.92 Å². The lowest BCUT2D eigenvalue weighted by Crippen LogP contribution is -2.46. The fraction of sp³-hybridized carbons (Fsp3) is 0.750. The summed E-state index contributed by atoms with van der Waals surface area (Å²) >= 11 is 0. The molecule has 1 rings (SSSR count). The van der Waals surface area contributed by atoms with Gasteiger partial charge in [0.2, 0.25) is 0 Å². The van der Waals surface area contributed by atoms with Gasteiger partial charge in [0.1, 0.15) is 6.10 Å². The second-order valence-corrected chi connectivity index (χ2v) is 3.98. The minimum atomic E-state index is -0.747. The van der Waals surface area contributed by atoms with Gasteiger partial charge < -0.3 is 19.3 Å². The van der Waals surface area contributed by atoms with Gasteiger partial charge in [-0.3, -0.25) is 4.79 Å². The summed E-state index contributed by atoms with van der Waals surface area (Å²) in [6, 6.07) is 0. The van der Waals surface area contributed by atoms with Gasteiger partial charge in [-0.05, 0) is 13.8 Å². The molecule has 0 amide bonds. The second kappa shape index (κ2) is 6.74. The Labute approximate surface area is 101 Å². The summed E-state index contributed by atoms with van der Waals surface area (Å²) in [5.41, 5.74) is 0. The smallest absolute Gasteiger partial charge is 0.306 e. The number of rotatable bonds is 5. The zero-order chi connectivity index (χ0) is 12.8. The minimum absolute atomic E-state index is 0.159. The largest absolute Gasteiger partial charge is 0.466 e. The number of ether oxygens (including phenoxy) is 3. The van der Waals surface area contributed by atoms with E-state index in [1.165, 1.54) is 0 Å². The molecule has 5 nitrogen and oxygen atoms in total. The van der Waals surface area contributed by atoms with Gasteiger partial charge in [0.25, 0.3) is 0 Å². The summed E-state index contributed by atoms with van der Waals surface area (Å²) in [6.45, 7) is 7.73. The van der Waals surface area contributed by atoms with Crippen LogP contribution in [-0.4, -0.2) is 42.8 Å². The highest BCUT2D eigenvalue weighted by Crippen LogP contribution is 2.23. The first-order valence-corrected chi connectivity index (χ1v) is 5.81. The Kier molecular flexibility index (Phi) is 5.61. The molecule has 0 aliphatic carbocycles. The van der Waals surface area contributed by atoms with Crippen molar-refractivity contribution in [1.29, 1.82) is 0 Å². The molecule has 1 aliphatic heterocycles. The minimum Gasteiger partial charge on any atom is -0.466 e. The number of carbonyl (C=O) groups excluding carboxylic acids is 1. The van der Waals surface area contributed by atoms with Crippen LogP contribution in [0.15, 0.2) is 12.7 Å². The molecule has 0 bridgehead atoms. The first-order valence-electron chi connectivity index (χ1n) is 5.81. The maximum atomic E-state index is 11.4. The SMILES string of the molecule is C=C[C@@H](CC(=O)OCC)[C@@H]1O[C@H](C)OC[C@H]1O. The van der Waals surface area contributed by atoms with Crippen molar-refractivity contribution >= 4 is 5.97 Å². The highest BCUT2D eigenvalue weighted by molar-refractivity contribution is 5.70. The highest BCUT2D eigenvalue weighted by atomic mass is 16.7. The number of hydrogen-bond acceptors (Lipinski definition) is 5. The van der Waals surface area contributed by atoms with E-state index < -0.39 is 12.2 Å². The molecule has 1 aliphatic rings. The topological polar surface area (TPSA) is 65.0 Å². The predicted molar refractivity (Wildman–Crippen MR) is 61.2 cm³/mol. The summed E-state index contributed by atoms with van der Waals surface area (Å²) in [6.07, 6.45) is 0.173. The third-order valence-corrected chi connectivity index (χ3v) is 2.66. The number of carbonyl (C=O) groups is 1. The number of esters is 1. The molecule has 0 aromatic carbocycles. The molecule has 0 aromatic heterocycles. The zero-order valence-corrected chi connectivity index (χ0v) is 10.3. The van der Waals surface area contributed by atoms with Crippen LogP contribution < -0.4 is 0 Å². The van der Waals surface area contributed by atoms with Gasteiger partial charge in [-0.15, -0.1) is 6.58 Å². The summed E-state index contributed by atoms with van der Waals surface area (Å²) in [5.74, 6) is -0.581. The van der Waals surface area contributed by atoms with E-state index in [9.17, 15) is 9.90 Å². The van der Waals surface area contributed by atoms with E-state index >= 15 is 0 Å². The lowest BCUT2D eigenvalue weighted by molar-refractivity contribution is -0.253. The molecule has 1 heterocycles. The Morgan fingerprint density at radius 2 is 2.41 bits per heavy atom. The first kappa shape index (κ1) is 14.2. The van der Waals surface area contributed by atoms with Gasteiger partial charge in [0, 0.05) is 5.92 Å². The van der Waals surface area contributed by atoms with Crippen molar-refractivity contribution in [1.82, 2.24) is 0 Å². The molecule has 5 heteroatoms. The molecule has 0 aromatic rings. The Morgan fingerprint density at radius 3 is 3.00 bits per heavy atom. The van der Waals surface area contributed by atoms with Gasteiger partial charge in [0.15, 0.2) is 6.29 Å². The van der Waals surface area contributed by atoms with Gasteiger partial charge in [-0.25, -0.2) is 0 Å². The van der Waals surface area contributed by atoms with Crippen LogP contribution in [0.1, 0.15) is 20.3 Å². The van der Waals surface area contributed by atoms with Gasteiger partial charge in [0.05, 0.1) is 25.7 Å². The normalized spacial score (nSPS) is 30.6. The zero-order valence-electron chi connectivity index (χ0n) is 10.3. The summed E-state index contributed by atoms with van der Waals surface area (Å²) in [4.78, 5) is 11.4. The van der Waals surface area contributed by atoms with Crippen molar-refractivity contribution < 1.29 is 24.1 Å². The molecule has 0 saturated carbocycles. The quantitative estimate of drug-likeness (QED) is 0.574. The number of hydrogen-bond donors (Lipinski definition) is 1. The molecule has 0 radical (unpaired) electrons. The molecule has 1 N–H and O–H groups in total. The Hall–Kier alpha value is -0.910. The highest BCUT2D eigenvalue weighted by Gasteiger charge is 2.34. The summed E-state index contributed by atoms with van der Waals surface area (Å²) in [7, 11) is 0. The van der Waals surface area contributed by atoms with Crippen molar-refractivity contribution in [2.45, 2.75) is 38.8 Å². The molecule has 1 saturated heterocycles. The molecule has 1 fully saturated rings. The first-order chi connectivity index (χ1) is 8.08. The predicted octanol–water partition coefficient (Wildman–Crippen LogP) is 0.864. The van der Waals surface area contributed by atoms with E-state index in [1.807, 2.05) is 0 Å². The van der Waals surface area contributed by atoms with Crippen molar-refractivity contribution in [3.05, 3.63) is 12.7 Å². The Morgan fingerprint density at radius 1 is 1.71 bits per heavy atom. The van der Waals surface area contributed by atoms with E-state index in [1.54, 1.807) is 19.9 Å². The fourth-order valence-corrected chi connectivity index (χ4v) is 1.81. The van der Waals surface area contributed by atoms with Crippen LogP contribution in [0.2, 0.25) is 0 Å². The molecular formula is C12H20O5. The maximum Gasteiger partial charge on any atom is 0.306 e. The summed E-state index contributed by atoms with van der Waals surface area (Å²) in [5, 5.41) is 9.78. The standard InChI is InChI=1S/C12H20O5/c1-4-9(6-11(14)15-5-2)12-10(13)7-16-8(3)17-12/h4,8-10,12-13H,1,5-7H2,2-3H3/t8-,9+,10-,12+/m1/s1.